The molecule has 3 rings (SSSR count). The van der Waals surface area contributed by atoms with Crippen LogP contribution in [-0.4, -0.2) is 41.4 Å². The maximum atomic E-state index is 12.5. The molecule has 0 aliphatic heterocycles. The van der Waals surface area contributed by atoms with Crippen LogP contribution in [0.1, 0.15) is 25.8 Å². The Balaban J connectivity index is 1.55. The normalized spacial score (nSPS) is 10.4. The van der Waals surface area contributed by atoms with Gasteiger partial charge in [-0.2, -0.15) is 0 Å². The van der Waals surface area contributed by atoms with E-state index in [1.807, 2.05) is 5.38 Å². The Bertz CT molecular complexity index is 980. The molecule has 0 bridgehead atoms. The molecular weight excluding hydrogens is 380 g/mol. The number of anilines is 2. The number of aromatic nitrogens is 1. The standard InChI is InChI=1S/C19H18N4O4S/c1-12-10-16(22-27-12)21-17(24)11-23(2)19(26)13-5-7-14(8-6-13)20-18(25)15-4-3-9-28-15/h3-10H,11H2,1-2H3,(H,20,25)(H,21,22,24). The predicted octanol–water partition coefficient (Wildman–Crippen LogP) is 3.01. The molecule has 0 fully saturated rings. The number of rotatable bonds is 6. The zero-order valence-corrected chi connectivity index (χ0v) is 16.1. The smallest absolute Gasteiger partial charge is 0.265 e. The first-order valence-corrected chi connectivity index (χ1v) is 9.24. The van der Waals surface area contributed by atoms with Gasteiger partial charge < -0.3 is 20.1 Å². The van der Waals surface area contributed by atoms with Crippen LogP contribution in [0.3, 0.4) is 0 Å². The first-order chi connectivity index (χ1) is 13.4. The van der Waals surface area contributed by atoms with E-state index in [-0.39, 0.29) is 24.3 Å². The average Bonchev–Trinajstić information content (AvgIpc) is 3.33. The summed E-state index contributed by atoms with van der Waals surface area (Å²) in [4.78, 5) is 38.4. The number of hydrogen-bond acceptors (Lipinski definition) is 6. The third-order valence-corrected chi connectivity index (χ3v) is 4.63. The van der Waals surface area contributed by atoms with Crippen molar-refractivity contribution in [2.24, 2.45) is 0 Å². The quantitative estimate of drug-likeness (QED) is 0.664. The van der Waals surface area contributed by atoms with Gasteiger partial charge in [-0.25, -0.2) is 0 Å². The summed E-state index contributed by atoms with van der Waals surface area (Å²) in [5, 5.41) is 10.8. The molecule has 28 heavy (non-hydrogen) atoms. The number of amides is 3. The number of carbonyl (C=O) groups excluding carboxylic acids is 3. The Morgan fingerprint density at radius 3 is 2.50 bits per heavy atom. The van der Waals surface area contributed by atoms with E-state index in [1.165, 1.54) is 23.3 Å². The number of likely N-dealkylation sites (N-methyl/N-ethyl adjacent to an activating group) is 1. The molecule has 144 valence electrons. The monoisotopic (exact) mass is 398 g/mol. The predicted molar refractivity (Wildman–Crippen MR) is 106 cm³/mol. The second kappa shape index (κ2) is 8.49. The van der Waals surface area contributed by atoms with Gasteiger partial charge in [-0.05, 0) is 42.6 Å². The van der Waals surface area contributed by atoms with Crippen molar-refractivity contribution in [2.45, 2.75) is 6.92 Å². The summed E-state index contributed by atoms with van der Waals surface area (Å²) >= 11 is 1.35. The van der Waals surface area contributed by atoms with Crippen molar-refractivity contribution in [1.82, 2.24) is 10.1 Å². The second-order valence-electron chi connectivity index (χ2n) is 6.04. The minimum absolute atomic E-state index is 0.137. The van der Waals surface area contributed by atoms with Gasteiger partial charge in [0, 0.05) is 24.4 Å². The highest BCUT2D eigenvalue weighted by atomic mass is 32.1. The molecule has 0 atom stereocenters. The van der Waals surface area contributed by atoms with Gasteiger partial charge in [0.25, 0.3) is 11.8 Å². The van der Waals surface area contributed by atoms with Crippen LogP contribution in [0.2, 0.25) is 0 Å². The maximum absolute atomic E-state index is 12.5. The van der Waals surface area contributed by atoms with E-state index < -0.39 is 0 Å². The van der Waals surface area contributed by atoms with Crippen LogP contribution in [0, 0.1) is 6.92 Å². The Labute approximate surface area is 165 Å². The maximum Gasteiger partial charge on any atom is 0.265 e. The summed E-state index contributed by atoms with van der Waals surface area (Å²) in [6.45, 7) is 1.58. The van der Waals surface area contributed by atoms with Crippen molar-refractivity contribution in [3.05, 3.63) is 64.0 Å². The molecule has 0 unspecified atom stereocenters. The third kappa shape index (κ3) is 4.83. The van der Waals surface area contributed by atoms with Crippen molar-refractivity contribution in [3.63, 3.8) is 0 Å². The fourth-order valence-corrected chi connectivity index (χ4v) is 3.03. The molecule has 0 aliphatic rings. The van der Waals surface area contributed by atoms with Crippen molar-refractivity contribution < 1.29 is 18.9 Å². The Morgan fingerprint density at radius 2 is 1.89 bits per heavy atom. The number of carbonyl (C=O) groups is 3. The number of thiophene rings is 1. The largest absolute Gasteiger partial charge is 0.360 e. The minimum Gasteiger partial charge on any atom is -0.360 e. The molecule has 8 nitrogen and oxygen atoms in total. The SMILES string of the molecule is Cc1cc(NC(=O)CN(C)C(=O)c2ccc(NC(=O)c3cccs3)cc2)no1. The number of benzene rings is 1. The summed E-state index contributed by atoms with van der Waals surface area (Å²) in [6.07, 6.45) is 0. The van der Waals surface area contributed by atoms with Crippen LogP contribution in [0.5, 0.6) is 0 Å². The van der Waals surface area contributed by atoms with Crippen LogP contribution in [0.25, 0.3) is 0 Å². The molecule has 0 radical (unpaired) electrons. The molecule has 9 heteroatoms. The highest BCUT2D eigenvalue weighted by Gasteiger charge is 2.16. The summed E-state index contributed by atoms with van der Waals surface area (Å²) in [6, 6.07) is 11.6. The number of aryl methyl sites for hydroxylation is 1. The molecule has 0 spiro atoms. The van der Waals surface area contributed by atoms with Crippen LogP contribution in [0.4, 0.5) is 11.5 Å². The molecule has 2 N–H and O–H groups in total. The van der Waals surface area contributed by atoms with Crippen molar-refractivity contribution in [1.29, 1.82) is 0 Å². The fourth-order valence-electron chi connectivity index (χ4n) is 2.41. The number of nitrogens with zero attached hydrogens (tertiary/aromatic N) is 2. The van der Waals surface area contributed by atoms with Crippen LogP contribution in [0.15, 0.2) is 52.4 Å². The first kappa shape index (κ1) is 19.3. The van der Waals surface area contributed by atoms with E-state index in [0.29, 0.717) is 27.7 Å². The summed E-state index contributed by atoms with van der Waals surface area (Å²) < 4.78 is 4.87. The van der Waals surface area contributed by atoms with Gasteiger partial charge in [0.15, 0.2) is 5.82 Å². The lowest BCUT2D eigenvalue weighted by atomic mass is 10.2. The molecule has 3 aromatic rings. The van der Waals surface area contributed by atoms with Crippen LogP contribution in [-0.2, 0) is 4.79 Å². The third-order valence-electron chi connectivity index (χ3n) is 3.76. The molecular formula is C19H18N4O4S. The van der Waals surface area contributed by atoms with E-state index in [1.54, 1.807) is 49.4 Å². The highest BCUT2D eigenvalue weighted by molar-refractivity contribution is 7.12. The first-order valence-electron chi connectivity index (χ1n) is 8.36. The highest BCUT2D eigenvalue weighted by Crippen LogP contribution is 2.15. The van der Waals surface area contributed by atoms with Gasteiger partial charge in [-0.1, -0.05) is 11.2 Å². The molecule has 3 amide bonds. The Morgan fingerprint density at radius 1 is 1.14 bits per heavy atom. The van der Waals surface area contributed by atoms with Gasteiger partial charge in [-0.15, -0.1) is 11.3 Å². The van der Waals surface area contributed by atoms with Gasteiger partial charge in [-0.3, -0.25) is 14.4 Å². The molecule has 0 aliphatic carbocycles. The zero-order chi connectivity index (χ0) is 20.1. The van der Waals surface area contributed by atoms with Crippen molar-refractivity contribution in [3.8, 4) is 0 Å². The summed E-state index contributed by atoms with van der Waals surface area (Å²) in [7, 11) is 1.53. The molecule has 2 aromatic heterocycles. The van der Waals surface area contributed by atoms with E-state index in [9.17, 15) is 14.4 Å². The molecule has 1 aromatic carbocycles. The van der Waals surface area contributed by atoms with Crippen molar-refractivity contribution in [2.75, 3.05) is 24.2 Å². The van der Waals surface area contributed by atoms with E-state index in [0.717, 1.165) is 0 Å². The topological polar surface area (TPSA) is 105 Å². The average molecular weight is 398 g/mol. The van der Waals surface area contributed by atoms with E-state index >= 15 is 0 Å². The molecule has 0 saturated carbocycles. The number of nitrogens with one attached hydrogen (secondary N) is 2. The lowest BCUT2D eigenvalue weighted by molar-refractivity contribution is -0.116. The van der Waals surface area contributed by atoms with Crippen LogP contribution >= 0.6 is 11.3 Å². The Kier molecular flexibility index (Phi) is 5.85. The number of hydrogen-bond donors (Lipinski definition) is 2. The Hall–Kier alpha value is -3.46. The molecule has 0 saturated heterocycles. The van der Waals surface area contributed by atoms with Gasteiger partial charge >= 0.3 is 0 Å². The summed E-state index contributed by atoms with van der Waals surface area (Å²) in [5.74, 6) is -0.0299. The lowest BCUT2D eigenvalue weighted by Crippen LogP contribution is -2.35. The summed E-state index contributed by atoms with van der Waals surface area (Å²) in [5.41, 5.74) is 0.985. The van der Waals surface area contributed by atoms with Crippen LogP contribution < -0.4 is 10.6 Å². The van der Waals surface area contributed by atoms with Gasteiger partial charge in [0.05, 0.1) is 11.4 Å². The minimum atomic E-state index is -0.385. The van der Waals surface area contributed by atoms with Gasteiger partial charge in [0.1, 0.15) is 5.76 Å². The lowest BCUT2D eigenvalue weighted by Gasteiger charge is -2.16. The fraction of sp³-hybridized carbons (Fsp3) is 0.158. The van der Waals surface area contributed by atoms with Gasteiger partial charge in [0.2, 0.25) is 5.91 Å². The van der Waals surface area contributed by atoms with E-state index in [4.69, 9.17) is 4.52 Å². The zero-order valence-electron chi connectivity index (χ0n) is 15.3. The van der Waals surface area contributed by atoms with Crippen molar-refractivity contribution >= 4 is 40.6 Å². The second-order valence-corrected chi connectivity index (χ2v) is 6.99. The molecule has 2 heterocycles. The van der Waals surface area contributed by atoms with E-state index in [2.05, 4.69) is 15.8 Å².